The Balaban J connectivity index is 2.36. The minimum Gasteiger partial charge on any atom is -0.480 e. The number of thiazole rings is 1. The number of hydrogen-bond acceptors (Lipinski definition) is 7. The van der Waals surface area contributed by atoms with Gasteiger partial charge in [0.05, 0.1) is 0 Å². The van der Waals surface area contributed by atoms with Crippen LogP contribution in [0.25, 0.3) is 10.3 Å². The predicted molar refractivity (Wildman–Crippen MR) is 63.1 cm³/mol. The molecule has 16 heavy (non-hydrogen) atoms. The van der Waals surface area contributed by atoms with E-state index in [1.54, 1.807) is 0 Å². The first-order valence-corrected chi connectivity index (χ1v) is 6.36. The molecule has 0 aliphatic rings. The van der Waals surface area contributed by atoms with Gasteiger partial charge in [0.1, 0.15) is 23.4 Å². The number of hydrogen-bond donors (Lipinski definition) is 2. The normalized spacial score (nSPS) is 10.6. The number of nitrogens with one attached hydrogen (secondary N) is 1. The first kappa shape index (κ1) is 11.1. The van der Waals surface area contributed by atoms with E-state index in [1.807, 2.05) is 6.26 Å². The van der Waals surface area contributed by atoms with E-state index in [2.05, 4.69) is 20.3 Å². The molecule has 2 aromatic heterocycles. The number of carboxylic acids is 1. The molecule has 0 aromatic carbocycles. The van der Waals surface area contributed by atoms with Crippen LogP contribution in [0.15, 0.2) is 10.7 Å². The van der Waals surface area contributed by atoms with Crippen LogP contribution in [0.3, 0.4) is 0 Å². The molecule has 2 rings (SSSR count). The first-order chi connectivity index (χ1) is 7.70. The molecule has 84 valence electrons. The highest BCUT2D eigenvalue weighted by atomic mass is 32.2. The molecule has 0 aliphatic carbocycles. The lowest BCUT2D eigenvalue weighted by molar-refractivity contribution is -0.134. The summed E-state index contributed by atoms with van der Waals surface area (Å²) in [6.45, 7) is -0.168. The fourth-order valence-electron chi connectivity index (χ4n) is 1.11. The average molecular weight is 256 g/mol. The van der Waals surface area contributed by atoms with Gasteiger partial charge in [-0.25, -0.2) is 15.0 Å². The molecule has 0 saturated heterocycles. The molecule has 2 aromatic rings. The Bertz CT molecular complexity index is 528. The molecular formula is C8H8N4O2S2. The van der Waals surface area contributed by atoms with E-state index in [0.717, 1.165) is 9.04 Å². The van der Waals surface area contributed by atoms with E-state index in [-0.39, 0.29) is 6.54 Å². The van der Waals surface area contributed by atoms with Gasteiger partial charge in [0.2, 0.25) is 0 Å². The minimum absolute atomic E-state index is 0.168. The molecule has 0 aliphatic heterocycles. The predicted octanol–water partition coefficient (Wildman–Crippen LogP) is 1.30. The van der Waals surface area contributed by atoms with Gasteiger partial charge in [-0.15, -0.1) is 11.3 Å². The number of nitrogens with zero attached hydrogens (tertiary/aromatic N) is 3. The Hall–Kier alpha value is -1.41. The van der Waals surface area contributed by atoms with Gasteiger partial charge in [-0.3, -0.25) is 4.79 Å². The summed E-state index contributed by atoms with van der Waals surface area (Å²) in [5.41, 5.74) is 0.595. The second kappa shape index (κ2) is 4.62. The zero-order valence-electron chi connectivity index (χ0n) is 8.30. The summed E-state index contributed by atoms with van der Waals surface area (Å²) in [5, 5.41) is 11.3. The van der Waals surface area contributed by atoms with E-state index in [9.17, 15) is 4.79 Å². The Kier molecular flexibility index (Phi) is 3.20. The minimum atomic E-state index is -0.929. The van der Waals surface area contributed by atoms with Gasteiger partial charge < -0.3 is 10.4 Å². The van der Waals surface area contributed by atoms with Crippen molar-refractivity contribution in [3.8, 4) is 0 Å². The Morgan fingerprint density at radius 2 is 2.44 bits per heavy atom. The lowest BCUT2D eigenvalue weighted by atomic mass is 10.5. The fraction of sp³-hybridized carbons (Fsp3) is 0.250. The first-order valence-electron chi connectivity index (χ1n) is 4.32. The van der Waals surface area contributed by atoms with Crippen LogP contribution in [0.4, 0.5) is 5.82 Å². The van der Waals surface area contributed by atoms with Crippen LogP contribution >= 0.6 is 23.1 Å². The van der Waals surface area contributed by atoms with Gasteiger partial charge >= 0.3 is 5.97 Å². The summed E-state index contributed by atoms with van der Waals surface area (Å²) < 4.78 is 1.67. The Morgan fingerprint density at radius 3 is 3.12 bits per heavy atom. The summed E-state index contributed by atoms with van der Waals surface area (Å²) in [6, 6.07) is 0. The Labute approximate surface area is 99.1 Å². The smallest absolute Gasteiger partial charge is 0.322 e. The maximum absolute atomic E-state index is 10.4. The highest BCUT2D eigenvalue weighted by Crippen LogP contribution is 2.30. The lowest BCUT2D eigenvalue weighted by Crippen LogP contribution is -2.13. The molecule has 0 spiro atoms. The number of anilines is 1. The number of aliphatic carboxylic acids is 1. The van der Waals surface area contributed by atoms with E-state index < -0.39 is 5.97 Å². The van der Waals surface area contributed by atoms with Crippen molar-refractivity contribution in [3.63, 3.8) is 0 Å². The van der Waals surface area contributed by atoms with Crippen molar-refractivity contribution in [1.82, 2.24) is 15.0 Å². The summed E-state index contributed by atoms with van der Waals surface area (Å²) >= 11 is 2.97. The van der Waals surface area contributed by atoms with Crippen molar-refractivity contribution in [2.24, 2.45) is 0 Å². The number of rotatable bonds is 4. The molecule has 0 saturated carbocycles. The van der Waals surface area contributed by atoms with Crippen molar-refractivity contribution in [1.29, 1.82) is 0 Å². The second-order valence-corrected chi connectivity index (χ2v) is 4.86. The highest BCUT2D eigenvalue weighted by molar-refractivity contribution is 8.00. The molecule has 0 atom stereocenters. The molecule has 0 unspecified atom stereocenters. The SMILES string of the molecule is CSc1nc2ncnc(NCC(=O)O)c2s1. The molecule has 0 amide bonds. The fourth-order valence-corrected chi connectivity index (χ4v) is 2.59. The summed E-state index contributed by atoms with van der Waals surface area (Å²) in [7, 11) is 0. The van der Waals surface area contributed by atoms with Crippen LogP contribution in [-0.2, 0) is 4.79 Å². The third-order valence-electron chi connectivity index (χ3n) is 1.75. The molecule has 8 heteroatoms. The maximum Gasteiger partial charge on any atom is 0.322 e. The number of aromatic nitrogens is 3. The average Bonchev–Trinajstić information content (AvgIpc) is 2.69. The van der Waals surface area contributed by atoms with Crippen LogP contribution in [0, 0.1) is 0 Å². The standard InChI is InChI=1S/C8H8N4O2S2/c1-15-8-12-7-5(16-8)6(10-3-11-7)9-2-4(13)14/h3H,2H2,1H3,(H,13,14)(H,9,10,11). The van der Waals surface area contributed by atoms with E-state index >= 15 is 0 Å². The second-order valence-electron chi connectivity index (χ2n) is 2.81. The molecule has 2 heterocycles. The van der Waals surface area contributed by atoms with Crippen LogP contribution in [0.5, 0.6) is 0 Å². The molecular weight excluding hydrogens is 248 g/mol. The van der Waals surface area contributed by atoms with Crippen molar-refractivity contribution in [2.45, 2.75) is 4.34 Å². The van der Waals surface area contributed by atoms with E-state index in [1.165, 1.54) is 29.4 Å². The van der Waals surface area contributed by atoms with Crippen molar-refractivity contribution >= 4 is 45.2 Å². The third kappa shape index (κ3) is 2.22. The van der Waals surface area contributed by atoms with Crippen LogP contribution in [0.1, 0.15) is 0 Å². The number of fused-ring (bicyclic) bond motifs is 1. The van der Waals surface area contributed by atoms with Gasteiger partial charge in [0.25, 0.3) is 0 Å². The summed E-state index contributed by atoms with van der Waals surface area (Å²) in [5.74, 6) is -0.411. The number of thioether (sulfide) groups is 1. The number of carbonyl (C=O) groups is 1. The van der Waals surface area contributed by atoms with Crippen LogP contribution in [-0.4, -0.2) is 38.8 Å². The monoisotopic (exact) mass is 256 g/mol. The molecule has 0 radical (unpaired) electrons. The zero-order chi connectivity index (χ0) is 11.5. The zero-order valence-corrected chi connectivity index (χ0v) is 9.93. The lowest BCUT2D eigenvalue weighted by Gasteiger charge is -2.01. The quantitative estimate of drug-likeness (QED) is 0.797. The summed E-state index contributed by atoms with van der Waals surface area (Å²) in [6.07, 6.45) is 3.30. The molecule has 2 N–H and O–H groups in total. The molecule has 6 nitrogen and oxygen atoms in total. The van der Waals surface area contributed by atoms with Crippen molar-refractivity contribution in [2.75, 3.05) is 18.1 Å². The van der Waals surface area contributed by atoms with Crippen LogP contribution < -0.4 is 5.32 Å². The maximum atomic E-state index is 10.4. The van der Waals surface area contributed by atoms with E-state index in [0.29, 0.717) is 11.5 Å². The molecule has 0 bridgehead atoms. The van der Waals surface area contributed by atoms with Gasteiger partial charge in [-0.1, -0.05) is 11.8 Å². The topological polar surface area (TPSA) is 88.0 Å². The van der Waals surface area contributed by atoms with Gasteiger partial charge in [0, 0.05) is 0 Å². The Morgan fingerprint density at radius 1 is 1.62 bits per heavy atom. The van der Waals surface area contributed by atoms with Crippen molar-refractivity contribution in [3.05, 3.63) is 6.33 Å². The third-order valence-corrected chi connectivity index (χ3v) is 3.79. The van der Waals surface area contributed by atoms with Gasteiger partial charge in [-0.05, 0) is 6.26 Å². The van der Waals surface area contributed by atoms with Crippen molar-refractivity contribution < 1.29 is 9.90 Å². The number of carboxylic acid groups (broad SMARTS) is 1. The van der Waals surface area contributed by atoms with Gasteiger partial charge in [-0.2, -0.15) is 0 Å². The van der Waals surface area contributed by atoms with Gasteiger partial charge in [0.15, 0.2) is 9.99 Å². The van der Waals surface area contributed by atoms with E-state index in [4.69, 9.17) is 5.11 Å². The molecule has 0 fully saturated rings. The largest absolute Gasteiger partial charge is 0.480 e. The highest BCUT2D eigenvalue weighted by Gasteiger charge is 2.10. The van der Waals surface area contributed by atoms with Crippen LogP contribution in [0.2, 0.25) is 0 Å². The summed E-state index contributed by atoms with van der Waals surface area (Å²) in [4.78, 5) is 22.7.